The van der Waals surface area contributed by atoms with E-state index < -0.39 is 24.1 Å². The smallest absolute Gasteiger partial charge is 0.334 e. The molecule has 0 radical (unpaired) electrons. The van der Waals surface area contributed by atoms with E-state index in [4.69, 9.17) is 11.5 Å². The van der Waals surface area contributed by atoms with E-state index in [-0.39, 0.29) is 12.5 Å². The number of hydrogen-bond acceptors (Lipinski definition) is 9. The Hall–Kier alpha value is -2.20. The molecule has 0 aromatic rings. The highest BCUT2D eigenvalue weighted by atomic mass is 16.5. The molecular formula is C13H23N7O3. The Kier molecular flexibility index (Phi) is 5.88. The predicted octanol–water partition coefficient (Wildman–Crippen LogP) is -2.14. The number of ether oxygens (including phenoxy) is 1. The van der Waals surface area contributed by atoms with Gasteiger partial charge in [0, 0.05) is 13.1 Å². The van der Waals surface area contributed by atoms with Crippen LogP contribution >= 0.6 is 0 Å². The van der Waals surface area contributed by atoms with Gasteiger partial charge in [-0.25, -0.2) is 4.79 Å². The second-order valence-corrected chi connectivity index (χ2v) is 5.42. The molecule has 0 bridgehead atoms. The number of amides is 1. The molecule has 2 aliphatic rings. The first-order valence-corrected chi connectivity index (χ1v) is 7.44. The molecule has 0 saturated carbocycles. The second-order valence-electron chi connectivity index (χ2n) is 5.42. The van der Waals surface area contributed by atoms with Crippen LogP contribution in [0.4, 0.5) is 0 Å². The number of nitrogens with zero attached hydrogens (tertiary/aromatic N) is 3. The van der Waals surface area contributed by atoms with Gasteiger partial charge < -0.3 is 26.4 Å². The molecule has 0 aliphatic carbocycles. The van der Waals surface area contributed by atoms with Crippen LogP contribution in [0.3, 0.4) is 0 Å². The summed E-state index contributed by atoms with van der Waals surface area (Å²) in [5.41, 5.74) is 11.8. The van der Waals surface area contributed by atoms with Gasteiger partial charge in [-0.05, 0) is 12.5 Å². The van der Waals surface area contributed by atoms with E-state index in [1.165, 1.54) is 7.11 Å². The normalized spacial score (nSPS) is 25.5. The van der Waals surface area contributed by atoms with Gasteiger partial charge in [0.05, 0.1) is 38.2 Å². The summed E-state index contributed by atoms with van der Waals surface area (Å²) in [6.45, 7) is 2.63. The molecule has 0 spiro atoms. The highest BCUT2D eigenvalue weighted by Crippen LogP contribution is 2.11. The van der Waals surface area contributed by atoms with Crippen molar-refractivity contribution in [3.63, 3.8) is 0 Å². The van der Waals surface area contributed by atoms with Crippen LogP contribution in [-0.4, -0.2) is 68.3 Å². The van der Waals surface area contributed by atoms with Crippen LogP contribution in [0, 0.1) is 0 Å². The van der Waals surface area contributed by atoms with Crippen molar-refractivity contribution in [1.29, 1.82) is 0 Å². The minimum absolute atomic E-state index is 0.232. The summed E-state index contributed by atoms with van der Waals surface area (Å²) in [6, 6.07) is -2.10. The summed E-state index contributed by atoms with van der Waals surface area (Å²) in [6.07, 6.45) is 2.04. The molecule has 2 aliphatic heterocycles. The summed E-state index contributed by atoms with van der Waals surface area (Å²) in [7, 11) is 1.27. The zero-order valence-electron chi connectivity index (χ0n) is 13.1. The molecule has 2 heterocycles. The second kappa shape index (κ2) is 7.88. The van der Waals surface area contributed by atoms with Crippen molar-refractivity contribution < 1.29 is 14.3 Å². The molecule has 0 aromatic heterocycles. The van der Waals surface area contributed by atoms with Crippen LogP contribution in [0.1, 0.15) is 6.42 Å². The van der Waals surface area contributed by atoms with Gasteiger partial charge in [0.15, 0.2) is 6.04 Å². The topological polar surface area (TPSA) is 147 Å². The van der Waals surface area contributed by atoms with E-state index in [9.17, 15) is 9.59 Å². The number of carbonyl (C=O) groups is 2. The first-order chi connectivity index (χ1) is 11.0. The molecular weight excluding hydrogens is 302 g/mol. The number of hydrogen-bond donors (Lipinski definition) is 4. The highest BCUT2D eigenvalue weighted by Gasteiger charge is 2.35. The number of azo groups is 1. The van der Waals surface area contributed by atoms with Crippen LogP contribution in [0.25, 0.3) is 0 Å². The van der Waals surface area contributed by atoms with Crippen molar-refractivity contribution in [1.82, 2.24) is 15.5 Å². The molecule has 10 nitrogen and oxygen atoms in total. The van der Waals surface area contributed by atoms with E-state index >= 15 is 0 Å². The average Bonchev–Trinajstić information content (AvgIpc) is 3.22. The molecule has 10 heteroatoms. The molecule has 3 unspecified atom stereocenters. The molecule has 23 heavy (non-hydrogen) atoms. The van der Waals surface area contributed by atoms with E-state index in [0.717, 1.165) is 13.1 Å². The lowest BCUT2D eigenvalue weighted by atomic mass is 10.1. The van der Waals surface area contributed by atoms with Crippen molar-refractivity contribution >= 4 is 11.9 Å². The van der Waals surface area contributed by atoms with E-state index in [0.29, 0.717) is 18.9 Å². The third kappa shape index (κ3) is 4.39. The molecule has 128 valence electrons. The van der Waals surface area contributed by atoms with Crippen molar-refractivity contribution in [3.05, 3.63) is 11.9 Å². The number of carbonyl (C=O) groups excluding carboxylic acids is 2. The molecule has 1 amide bonds. The van der Waals surface area contributed by atoms with Gasteiger partial charge >= 0.3 is 5.97 Å². The number of nitrogens with two attached hydrogens (primary N) is 2. The maximum absolute atomic E-state index is 12.1. The number of methoxy groups -OCH3 is 1. The third-order valence-electron chi connectivity index (χ3n) is 3.78. The lowest BCUT2D eigenvalue weighted by Gasteiger charge is -2.19. The highest BCUT2D eigenvalue weighted by molar-refractivity contribution is 5.84. The summed E-state index contributed by atoms with van der Waals surface area (Å²) >= 11 is 0. The fourth-order valence-corrected chi connectivity index (χ4v) is 2.36. The van der Waals surface area contributed by atoms with Gasteiger partial charge in [-0.2, -0.15) is 10.2 Å². The maximum Gasteiger partial charge on any atom is 0.334 e. The van der Waals surface area contributed by atoms with Gasteiger partial charge in [0.2, 0.25) is 5.91 Å². The van der Waals surface area contributed by atoms with E-state index in [1.54, 1.807) is 6.08 Å². The predicted molar refractivity (Wildman–Crippen MR) is 81.9 cm³/mol. The van der Waals surface area contributed by atoms with Crippen molar-refractivity contribution in [2.75, 3.05) is 33.4 Å². The van der Waals surface area contributed by atoms with Crippen molar-refractivity contribution in [2.24, 2.45) is 21.7 Å². The zero-order chi connectivity index (χ0) is 16.8. The molecule has 2 rings (SSSR count). The summed E-state index contributed by atoms with van der Waals surface area (Å²) < 4.78 is 4.63. The SMILES string of the molecule is COC(=O)C1N=NCC1NC(=O)C(N)C/C=C(\N)N1CCNC1. The fraction of sp³-hybridized carbons (Fsp3) is 0.692. The largest absolute Gasteiger partial charge is 0.467 e. The molecule has 0 aromatic carbocycles. The third-order valence-corrected chi connectivity index (χ3v) is 3.78. The number of rotatable bonds is 6. The first-order valence-electron chi connectivity index (χ1n) is 7.44. The Labute approximate surface area is 134 Å². The number of nitrogens with one attached hydrogen (secondary N) is 2. The molecule has 3 atom stereocenters. The van der Waals surface area contributed by atoms with Crippen LogP contribution in [0.15, 0.2) is 22.1 Å². The first kappa shape index (κ1) is 17.2. The quantitative estimate of drug-likeness (QED) is 0.407. The Morgan fingerprint density at radius 3 is 3.00 bits per heavy atom. The Morgan fingerprint density at radius 2 is 2.35 bits per heavy atom. The summed E-state index contributed by atoms with van der Waals surface area (Å²) in [5.74, 6) is -0.313. The Morgan fingerprint density at radius 1 is 1.57 bits per heavy atom. The minimum atomic E-state index is -0.813. The molecule has 6 N–H and O–H groups in total. The van der Waals surface area contributed by atoms with Gasteiger partial charge in [0.25, 0.3) is 0 Å². The van der Waals surface area contributed by atoms with E-state index in [2.05, 4.69) is 25.6 Å². The summed E-state index contributed by atoms with van der Waals surface area (Å²) in [4.78, 5) is 25.6. The van der Waals surface area contributed by atoms with E-state index in [1.807, 2.05) is 4.90 Å². The van der Waals surface area contributed by atoms with Gasteiger partial charge in [-0.15, -0.1) is 0 Å². The van der Waals surface area contributed by atoms with Crippen molar-refractivity contribution in [2.45, 2.75) is 24.5 Å². The Bertz CT molecular complexity index is 502. The van der Waals surface area contributed by atoms with Gasteiger partial charge in [-0.1, -0.05) is 0 Å². The van der Waals surface area contributed by atoms with Crippen LogP contribution in [0.2, 0.25) is 0 Å². The lowest BCUT2D eigenvalue weighted by molar-refractivity contribution is -0.142. The Balaban J connectivity index is 1.82. The fourth-order valence-electron chi connectivity index (χ4n) is 2.36. The van der Waals surface area contributed by atoms with Gasteiger partial charge in [-0.3, -0.25) is 10.1 Å². The van der Waals surface area contributed by atoms with Crippen LogP contribution in [-0.2, 0) is 14.3 Å². The standard InChI is InChI=1S/C13H23N7O3/c1-23-13(22)11-9(6-17-19-11)18-12(21)8(14)2-3-10(15)20-5-4-16-7-20/h3,8-9,11,16H,2,4-7,14-15H2,1H3,(H,18,21)/b10-3+. The maximum atomic E-state index is 12.1. The average molecular weight is 325 g/mol. The van der Waals surface area contributed by atoms with Crippen LogP contribution in [0.5, 0.6) is 0 Å². The van der Waals surface area contributed by atoms with Crippen LogP contribution < -0.4 is 22.1 Å². The molecule has 1 saturated heterocycles. The minimum Gasteiger partial charge on any atom is -0.467 e. The van der Waals surface area contributed by atoms with Gasteiger partial charge in [0.1, 0.15) is 0 Å². The molecule has 1 fully saturated rings. The zero-order valence-corrected chi connectivity index (χ0v) is 13.1. The van der Waals surface area contributed by atoms with Crippen molar-refractivity contribution in [3.8, 4) is 0 Å². The number of esters is 1. The lowest BCUT2D eigenvalue weighted by Crippen LogP contribution is -2.51. The summed E-state index contributed by atoms with van der Waals surface area (Å²) in [5, 5.41) is 13.4. The monoisotopic (exact) mass is 325 g/mol.